The van der Waals surface area contributed by atoms with E-state index >= 15 is 0 Å². The van der Waals surface area contributed by atoms with Gasteiger partial charge < -0.3 is 20.5 Å². The third-order valence-corrected chi connectivity index (χ3v) is 3.67. The van der Waals surface area contributed by atoms with Gasteiger partial charge in [0.15, 0.2) is 0 Å². The van der Waals surface area contributed by atoms with Crippen molar-refractivity contribution in [3.8, 4) is 0 Å². The van der Waals surface area contributed by atoms with Crippen molar-refractivity contribution in [1.82, 2.24) is 10.2 Å². The standard InChI is InChI=1S/C16H23N3O4/c20-15(18-13-4-2-1-3-5-13)12-14(16(21)22)17-6-7-19-8-10-23-11-9-19/h1-5,14,17H,6-12H2,(H,18,20)(H,21,22)/t14-/m1/s1. The molecule has 1 aliphatic heterocycles. The number of anilines is 1. The number of benzene rings is 1. The summed E-state index contributed by atoms with van der Waals surface area (Å²) >= 11 is 0. The number of morpholine rings is 1. The van der Waals surface area contributed by atoms with Gasteiger partial charge >= 0.3 is 5.97 Å². The number of carbonyl (C=O) groups is 2. The van der Waals surface area contributed by atoms with Crippen LogP contribution in [0, 0.1) is 0 Å². The van der Waals surface area contributed by atoms with Crippen LogP contribution in [0.4, 0.5) is 5.69 Å². The molecule has 0 aliphatic carbocycles. The molecule has 1 aromatic rings. The highest BCUT2D eigenvalue weighted by Gasteiger charge is 2.21. The van der Waals surface area contributed by atoms with Gasteiger partial charge in [-0.1, -0.05) is 18.2 Å². The molecular formula is C16H23N3O4. The average Bonchev–Trinajstić information content (AvgIpc) is 2.55. The Morgan fingerprint density at radius 1 is 1.22 bits per heavy atom. The van der Waals surface area contributed by atoms with Gasteiger partial charge in [0.05, 0.1) is 19.6 Å². The van der Waals surface area contributed by atoms with Crippen LogP contribution in [0.2, 0.25) is 0 Å². The van der Waals surface area contributed by atoms with Gasteiger partial charge in [-0.25, -0.2) is 0 Å². The second kappa shape index (κ2) is 9.24. The zero-order valence-electron chi connectivity index (χ0n) is 13.0. The Morgan fingerprint density at radius 2 is 1.91 bits per heavy atom. The first-order valence-corrected chi connectivity index (χ1v) is 7.76. The van der Waals surface area contributed by atoms with Crippen LogP contribution in [0.15, 0.2) is 30.3 Å². The smallest absolute Gasteiger partial charge is 0.321 e. The van der Waals surface area contributed by atoms with Crippen molar-refractivity contribution in [2.75, 3.05) is 44.7 Å². The largest absolute Gasteiger partial charge is 0.480 e. The summed E-state index contributed by atoms with van der Waals surface area (Å²) in [6, 6.07) is 8.11. The molecule has 1 aliphatic rings. The van der Waals surface area contributed by atoms with E-state index in [0.717, 1.165) is 19.6 Å². The molecule has 1 atom stereocenters. The van der Waals surface area contributed by atoms with E-state index in [1.54, 1.807) is 12.1 Å². The fourth-order valence-electron chi connectivity index (χ4n) is 2.39. The average molecular weight is 321 g/mol. The Kier molecular flexibility index (Phi) is 6.99. The van der Waals surface area contributed by atoms with Gasteiger partial charge in [0.1, 0.15) is 6.04 Å². The van der Waals surface area contributed by atoms with Gasteiger partial charge in [0.2, 0.25) is 5.91 Å². The summed E-state index contributed by atoms with van der Waals surface area (Å²) in [7, 11) is 0. The summed E-state index contributed by atoms with van der Waals surface area (Å²) in [6.07, 6.45) is -0.104. The highest BCUT2D eigenvalue weighted by atomic mass is 16.5. The molecule has 7 nitrogen and oxygen atoms in total. The minimum atomic E-state index is -1.02. The summed E-state index contributed by atoms with van der Waals surface area (Å²) in [5, 5.41) is 14.9. The van der Waals surface area contributed by atoms with Crippen molar-refractivity contribution in [2.24, 2.45) is 0 Å². The second-order valence-electron chi connectivity index (χ2n) is 5.42. The van der Waals surface area contributed by atoms with Gasteiger partial charge in [-0.2, -0.15) is 0 Å². The van der Waals surface area contributed by atoms with E-state index in [1.165, 1.54) is 0 Å². The van der Waals surface area contributed by atoms with Crippen molar-refractivity contribution in [1.29, 1.82) is 0 Å². The lowest BCUT2D eigenvalue weighted by Crippen LogP contribution is -2.45. The van der Waals surface area contributed by atoms with Crippen LogP contribution < -0.4 is 10.6 Å². The molecule has 1 amide bonds. The predicted molar refractivity (Wildman–Crippen MR) is 86.4 cm³/mol. The Labute approximate surface area is 135 Å². The molecule has 2 rings (SSSR count). The van der Waals surface area contributed by atoms with E-state index in [9.17, 15) is 14.7 Å². The monoisotopic (exact) mass is 321 g/mol. The van der Waals surface area contributed by atoms with Gasteiger partial charge in [0.25, 0.3) is 0 Å². The number of carboxylic acids is 1. The van der Waals surface area contributed by atoms with Crippen molar-refractivity contribution in [2.45, 2.75) is 12.5 Å². The van der Waals surface area contributed by atoms with Crippen molar-refractivity contribution >= 4 is 17.6 Å². The molecule has 7 heteroatoms. The molecule has 1 fully saturated rings. The second-order valence-corrected chi connectivity index (χ2v) is 5.42. The summed E-state index contributed by atoms with van der Waals surface area (Å²) in [6.45, 7) is 4.40. The first-order chi connectivity index (χ1) is 11.1. The number of carbonyl (C=O) groups excluding carboxylic acids is 1. The summed E-state index contributed by atoms with van der Waals surface area (Å²) in [4.78, 5) is 25.5. The number of hydrogen-bond donors (Lipinski definition) is 3. The van der Waals surface area contributed by atoms with E-state index in [0.29, 0.717) is 25.4 Å². The predicted octanol–water partition coefficient (Wildman–Crippen LogP) is 0.390. The van der Waals surface area contributed by atoms with E-state index in [2.05, 4.69) is 15.5 Å². The molecule has 0 unspecified atom stereocenters. The quantitative estimate of drug-likeness (QED) is 0.642. The highest BCUT2D eigenvalue weighted by molar-refractivity contribution is 5.93. The molecule has 0 saturated carbocycles. The number of carboxylic acid groups (broad SMARTS) is 1. The maximum absolute atomic E-state index is 12.0. The summed E-state index contributed by atoms with van der Waals surface area (Å²) < 4.78 is 5.27. The van der Waals surface area contributed by atoms with Crippen molar-refractivity contribution < 1.29 is 19.4 Å². The molecule has 1 saturated heterocycles. The maximum atomic E-state index is 12.0. The third-order valence-electron chi connectivity index (χ3n) is 3.67. The number of nitrogens with zero attached hydrogens (tertiary/aromatic N) is 1. The van der Waals surface area contributed by atoms with Crippen LogP contribution in [0.25, 0.3) is 0 Å². The van der Waals surface area contributed by atoms with Gasteiger partial charge in [-0.15, -0.1) is 0 Å². The SMILES string of the molecule is O=C(C[C@@H](NCCN1CCOCC1)C(=O)O)Nc1ccccc1. The zero-order chi connectivity index (χ0) is 16.5. The van der Waals surface area contributed by atoms with Crippen LogP contribution in [0.3, 0.4) is 0 Å². The first-order valence-electron chi connectivity index (χ1n) is 7.76. The molecule has 0 bridgehead atoms. The minimum Gasteiger partial charge on any atom is -0.480 e. The van der Waals surface area contributed by atoms with Crippen molar-refractivity contribution in [3.63, 3.8) is 0 Å². The highest BCUT2D eigenvalue weighted by Crippen LogP contribution is 2.06. The van der Waals surface area contributed by atoms with Gasteiger partial charge in [-0.05, 0) is 12.1 Å². The zero-order valence-corrected chi connectivity index (χ0v) is 13.0. The molecule has 1 heterocycles. The molecule has 0 aromatic heterocycles. The summed E-state index contributed by atoms with van der Waals surface area (Å²) in [5.41, 5.74) is 0.662. The fourth-order valence-corrected chi connectivity index (χ4v) is 2.39. The number of ether oxygens (including phenoxy) is 1. The number of amides is 1. The molecule has 126 valence electrons. The number of nitrogens with one attached hydrogen (secondary N) is 2. The lowest BCUT2D eigenvalue weighted by atomic mass is 10.2. The molecule has 0 spiro atoms. The fraction of sp³-hybridized carbons (Fsp3) is 0.500. The van der Waals surface area contributed by atoms with Gasteiger partial charge in [0, 0.05) is 31.9 Å². The number of aliphatic carboxylic acids is 1. The molecule has 23 heavy (non-hydrogen) atoms. The Morgan fingerprint density at radius 3 is 2.57 bits per heavy atom. The lowest BCUT2D eigenvalue weighted by molar-refractivity contribution is -0.141. The Balaban J connectivity index is 1.74. The first kappa shape index (κ1) is 17.4. The molecular weight excluding hydrogens is 298 g/mol. The van der Waals surface area contributed by atoms with Crippen LogP contribution in [-0.4, -0.2) is 67.3 Å². The van der Waals surface area contributed by atoms with Crippen LogP contribution in [0.1, 0.15) is 6.42 Å². The molecule has 3 N–H and O–H groups in total. The Bertz CT molecular complexity index is 503. The number of para-hydroxylation sites is 1. The van der Waals surface area contributed by atoms with E-state index in [1.807, 2.05) is 18.2 Å². The molecule has 0 radical (unpaired) electrons. The third kappa shape index (κ3) is 6.35. The number of hydrogen-bond acceptors (Lipinski definition) is 5. The van der Waals surface area contributed by atoms with Crippen LogP contribution in [-0.2, 0) is 14.3 Å². The maximum Gasteiger partial charge on any atom is 0.321 e. The lowest BCUT2D eigenvalue weighted by Gasteiger charge is -2.27. The normalized spacial score (nSPS) is 16.7. The van der Waals surface area contributed by atoms with Crippen molar-refractivity contribution in [3.05, 3.63) is 30.3 Å². The Hall–Kier alpha value is -1.96. The van der Waals surface area contributed by atoms with E-state index < -0.39 is 12.0 Å². The topological polar surface area (TPSA) is 90.9 Å². The minimum absolute atomic E-state index is 0.104. The van der Waals surface area contributed by atoms with E-state index in [-0.39, 0.29) is 12.3 Å². The van der Waals surface area contributed by atoms with E-state index in [4.69, 9.17) is 4.74 Å². The van der Waals surface area contributed by atoms with Crippen LogP contribution >= 0.6 is 0 Å². The van der Waals surface area contributed by atoms with Gasteiger partial charge in [-0.3, -0.25) is 14.5 Å². The number of rotatable bonds is 8. The molecule has 1 aromatic carbocycles. The van der Waals surface area contributed by atoms with Crippen LogP contribution in [0.5, 0.6) is 0 Å². The summed E-state index contributed by atoms with van der Waals surface area (Å²) in [5.74, 6) is -1.34.